The Labute approximate surface area is 187 Å². The second-order valence-electron chi connectivity index (χ2n) is 7.21. The zero-order valence-corrected chi connectivity index (χ0v) is 17.8. The van der Waals surface area contributed by atoms with Crippen LogP contribution in [0.5, 0.6) is 0 Å². The van der Waals surface area contributed by atoms with E-state index in [-0.39, 0.29) is 21.7 Å². The number of carboxylic acids is 1. The van der Waals surface area contributed by atoms with Gasteiger partial charge in [0.2, 0.25) is 5.89 Å². The zero-order valence-electron chi connectivity index (χ0n) is 17.0. The Hall–Kier alpha value is -3.66. The summed E-state index contributed by atoms with van der Waals surface area (Å²) in [6.45, 7) is 1.54. The number of carbonyl (C=O) groups is 1. The van der Waals surface area contributed by atoms with E-state index in [1.165, 1.54) is 12.1 Å². The van der Waals surface area contributed by atoms with Crippen molar-refractivity contribution in [2.24, 2.45) is 0 Å². The predicted molar refractivity (Wildman–Crippen MR) is 120 cm³/mol. The molecule has 0 amide bonds. The molecule has 3 aromatic rings. The fourth-order valence-electron chi connectivity index (χ4n) is 3.51. The average molecular weight is 452 g/mol. The predicted octanol–water partition coefficient (Wildman–Crippen LogP) is 4.85. The molecule has 2 aromatic carbocycles. The molecule has 10 heteroatoms. The Morgan fingerprint density at radius 2 is 1.88 bits per heavy atom. The van der Waals surface area contributed by atoms with Gasteiger partial charge in [0.05, 0.1) is 4.92 Å². The topological polar surface area (TPSA) is 123 Å². The molecule has 1 N–H and O–H groups in total. The maximum atomic E-state index is 11.8. The number of aliphatic carboxylic acids is 1. The summed E-state index contributed by atoms with van der Waals surface area (Å²) < 4.78 is 5.57. The Morgan fingerprint density at radius 1 is 1.12 bits per heavy atom. The Morgan fingerprint density at radius 3 is 2.56 bits per heavy atom. The van der Waals surface area contributed by atoms with Gasteiger partial charge in [-0.2, -0.15) is 0 Å². The quantitative estimate of drug-likeness (QED) is 0.232. The van der Waals surface area contributed by atoms with Crippen molar-refractivity contribution in [3.63, 3.8) is 0 Å². The van der Waals surface area contributed by atoms with Crippen LogP contribution in [0.4, 0.5) is 11.4 Å². The van der Waals surface area contributed by atoms with Crippen LogP contribution in [-0.2, 0) is 4.79 Å². The number of carboxylic acid groups (broad SMARTS) is 1. The summed E-state index contributed by atoms with van der Waals surface area (Å²) in [5, 5.41) is 29.2. The first kappa shape index (κ1) is 21.6. The van der Waals surface area contributed by atoms with Gasteiger partial charge < -0.3 is 14.4 Å². The first-order valence-corrected chi connectivity index (χ1v) is 10.9. The van der Waals surface area contributed by atoms with Crippen molar-refractivity contribution in [1.82, 2.24) is 10.2 Å². The summed E-state index contributed by atoms with van der Waals surface area (Å²) in [6.07, 6.45) is 4.47. The highest BCUT2D eigenvalue weighted by Crippen LogP contribution is 2.34. The van der Waals surface area contributed by atoms with Crippen molar-refractivity contribution in [3.05, 3.63) is 69.1 Å². The van der Waals surface area contributed by atoms with Crippen molar-refractivity contribution in [2.75, 3.05) is 18.0 Å². The number of hydrogen-bond acceptors (Lipinski definition) is 8. The lowest BCUT2D eigenvalue weighted by Gasteiger charge is -2.28. The molecule has 4 rings (SSSR count). The van der Waals surface area contributed by atoms with Crippen molar-refractivity contribution in [2.45, 2.75) is 24.5 Å². The van der Waals surface area contributed by atoms with E-state index in [0.717, 1.165) is 49.7 Å². The molecule has 1 fully saturated rings. The second kappa shape index (κ2) is 9.65. The van der Waals surface area contributed by atoms with Crippen molar-refractivity contribution in [1.29, 1.82) is 0 Å². The molecule has 0 atom stereocenters. The van der Waals surface area contributed by atoms with Gasteiger partial charge in [-0.1, -0.05) is 24.3 Å². The van der Waals surface area contributed by atoms with Crippen LogP contribution in [0.25, 0.3) is 17.5 Å². The SMILES string of the molecule is O=C(O)/C(=C/c1ccc(N2CCCCC2)c([N+](=O)[O-])c1)Sc1nnc(-c2ccccc2)o1. The highest BCUT2D eigenvalue weighted by molar-refractivity contribution is 8.03. The summed E-state index contributed by atoms with van der Waals surface area (Å²) >= 11 is 0.795. The molecular weight excluding hydrogens is 432 g/mol. The number of hydrogen-bond donors (Lipinski definition) is 1. The van der Waals surface area contributed by atoms with Gasteiger partial charge in [0.1, 0.15) is 10.6 Å². The maximum absolute atomic E-state index is 11.8. The van der Waals surface area contributed by atoms with Crippen molar-refractivity contribution >= 4 is 35.2 Å². The summed E-state index contributed by atoms with van der Waals surface area (Å²) in [6, 6.07) is 13.9. The molecule has 1 aliphatic rings. The molecule has 2 heterocycles. The van der Waals surface area contributed by atoms with Gasteiger partial charge in [0.25, 0.3) is 10.9 Å². The van der Waals surface area contributed by atoms with E-state index in [1.807, 2.05) is 23.1 Å². The monoisotopic (exact) mass is 452 g/mol. The summed E-state index contributed by atoms with van der Waals surface area (Å²) in [4.78, 5) is 24.9. The molecule has 9 nitrogen and oxygen atoms in total. The number of anilines is 1. The van der Waals surface area contributed by atoms with Gasteiger partial charge in [-0.05, 0) is 60.9 Å². The molecule has 32 heavy (non-hydrogen) atoms. The molecule has 0 radical (unpaired) electrons. The van der Waals surface area contributed by atoms with E-state index in [4.69, 9.17) is 4.42 Å². The minimum Gasteiger partial charge on any atom is -0.477 e. The molecule has 1 saturated heterocycles. The molecule has 0 spiro atoms. The van der Waals surface area contributed by atoms with E-state index < -0.39 is 10.9 Å². The van der Waals surface area contributed by atoms with Crippen LogP contribution in [0.1, 0.15) is 24.8 Å². The van der Waals surface area contributed by atoms with E-state index in [0.29, 0.717) is 11.3 Å². The lowest BCUT2D eigenvalue weighted by molar-refractivity contribution is -0.384. The van der Waals surface area contributed by atoms with Crippen LogP contribution in [0.15, 0.2) is 63.1 Å². The molecule has 164 valence electrons. The van der Waals surface area contributed by atoms with E-state index in [9.17, 15) is 20.0 Å². The van der Waals surface area contributed by atoms with Crippen LogP contribution in [0.3, 0.4) is 0 Å². The Kier molecular flexibility index (Phi) is 6.50. The number of nitrogens with zero attached hydrogens (tertiary/aromatic N) is 4. The standard InChI is InChI=1S/C22H20N4O5S/c27-21(28)19(32-22-24-23-20(31-22)16-7-3-1-4-8-16)14-15-9-10-17(18(13-15)26(29)30)25-11-5-2-6-12-25/h1,3-4,7-10,13-14H,2,5-6,11-12H2,(H,27,28)/b19-14-. The summed E-state index contributed by atoms with van der Waals surface area (Å²) in [5.41, 5.74) is 1.64. The van der Waals surface area contributed by atoms with Gasteiger partial charge >= 0.3 is 5.97 Å². The van der Waals surface area contributed by atoms with Crippen LogP contribution in [0.2, 0.25) is 0 Å². The highest BCUT2D eigenvalue weighted by atomic mass is 32.2. The third-order valence-corrected chi connectivity index (χ3v) is 5.88. The van der Waals surface area contributed by atoms with Crippen molar-refractivity contribution in [3.8, 4) is 11.5 Å². The minimum absolute atomic E-state index is 0.0421. The third kappa shape index (κ3) is 4.97. The summed E-state index contributed by atoms with van der Waals surface area (Å²) in [5.74, 6) is -0.920. The minimum atomic E-state index is -1.20. The first-order valence-electron chi connectivity index (χ1n) is 10.1. The van der Waals surface area contributed by atoms with Gasteiger partial charge in [0.15, 0.2) is 0 Å². The lowest BCUT2D eigenvalue weighted by atomic mass is 10.1. The molecule has 0 aliphatic carbocycles. The number of nitro benzene ring substituents is 1. The smallest absolute Gasteiger partial charge is 0.342 e. The van der Waals surface area contributed by atoms with Crippen LogP contribution in [-0.4, -0.2) is 39.3 Å². The van der Waals surface area contributed by atoms with E-state index >= 15 is 0 Å². The normalized spacial score (nSPS) is 14.4. The van der Waals surface area contributed by atoms with Gasteiger partial charge in [0, 0.05) is 24.7 Å². The van der Waals surface area contributed by atoms with E-state index in [1.54, 1.807) is 24.3 Å². The fourth-order valence-corrected chi connectivity index (χ4v) is 4.18. The highest BCUT2D eigenvalue weighted by Gasteiger charge is 2.22. The molecule has 0 unspecified atom stereocenters. The maximum Gasteiger partial charge on any atom is 0.342 e. The molecule has 0 bridgehead atoms. The van der Waals surface area contributed by atoms with Gasteiger partial charge in [-0.25, -0.2) is 4.79 Å². The van der Waals surface area contributed by atoms with Crippen molar-refractivity contribution < 1.29 is 19.2 Å². The lowest BCUT2D eigenvalue weighted by Crippen LogP contribution is -2.29. The molecule has 1 aromatic heterocycles. The number of piperidine rings is 1. The van der Waals surface area contributed by atoms with Gasteiger partial charge in [-0.15, -0.1) is 10.2 Å². The molecule has 1 aliphatic heterocycles. The van der Waals surface area contributed by atoms with Gasteiger partial charge in [-0.3, -0.25) is 10.1 Å². The number of thioether (sulfide) groups is 1. The van der Waals surface area contributed by atoms with Crippen LogP contribution in [0, 0.1) is 10.1 Å². The summed E-state index contributed by atoms with van der Waals surface area (Å²) in [7, 11) is 0. The van der Waals surface area contributed by atoms with E-state index in [2.05, 4.69) is 10.2 Å². The third-order valence-electron chi connectivity index (χ3n) is 5.03. The fraction of sp³-hybridized carbons (Fsp3) is 0.227. The molecular formula is C22H20N4O5S. The van der Waals surface area contributed by atoms with Crippen LogP contribution >= 0.6 is 11.8 Å². The Balaban J connectivity index is 1.60. The first-order chi connectivity index (χ1) is 15.5. The average Bonchev–Trinajstić information content (AvgIpc) is 3.28. The number of rotatable bonds is 7. The number of nitro groups is 1. The Bertz CT molecular complexity index is 1160. The zero-order chi connectivity index (χ0) is 22.5. The molecule has 0 saturated carbocycles. The van der Waals surface area contributed by atoms with Crippen LogP contribution < -0.4 is 4.90 Å². The number of aromatic nitrogens is 2. The second-order valence-corrected chi connectivity index (χ2v) is 8.20. The number of benzene rings is 2. The largest absolute Gasteiger partial charge is 0.477 e.